The molecule has 138 valence electrons. The lowest BCUT2D eigenvalue weighted by molar-refractivity contribution is -0.138. The van der Waals surface area contributed by atoms with Gasteiger partial charge in [-0.2, -0.15) is 5.10 Å². The van der Waals surface area contributed by atoms with Crippen molar-refractivity contribution < 1.29 is 9.59 Å². The van der Waals surface area contributed by atoms with Gasteiger partial charge in [-0.05, 0) is 12.8 Å². The second kappa shape index (κ2) is 8.03. The van der Waals surface area contributed by atoms with E-state index in [1.807, 2.05) is 18.7 Å². The van der Waals surface area contributed by atoms with Gasteiger partial charge in [-0.1, -0.05) is 13.8 Å². The summed E-state index contributed by atoms with van der Waals surface area (Å²) >= 11 is 0. The molecule has 2 aromatic rings. The lowest BCUT2D eigenvalue weighted by Gasteiger charge is -2.32. The standard InChI is InChI=1S/C17H23N7O2/c1-11(2)17(26)24-7-3-12(4-8-24)16(25)20-10-14-21-15(23-22-14)13-9-18-5-6-19-13/h5-6,9,11-12H,3-4,7-8,10H2,1-2H3,(H,20,25)(H,21,22,23). The molecule has 0 atom stereocenters. The second-order valence-electron chi connectivity index (χ2n) is 6.67. The molecule has 0 bridgehead atoms. The summed E-state index contributed by atoms with van der Waals surface area (Å²) in [6.07, 6.45) is 6.11. The minimum atomic E-state index is -0.0754. The number of hydrogen-bond acceptors (Lipinski definition) is 6. The Bertz CT molecular complexity index is 751. The highest BCUT2D eigenvalue weighted by molar-refractivity contribution is 5.80. The number of likely N-dealkylation sites (tertiary alicyclic amines) is 1. The molecular weight excluding hydrogens is 334 g/mol. The SMILES string of the molecule is CC(C)C(=O)N1CCC(C(=O)NCc2nc(-c3cnccn3)n[nH]2)CC1. The van der Waals surface area contributed by atoms with E-state index in [1.54, 1.807) is 18.6 Å². The molecule has 0 aromatic carbocycles. The maximum atomic E-state index is 12.4. The van der Waals surface area contributed by atoms with Crippen LogP contribution in [0.15, 0.2) is 18.6 Å². The molecular formula is C17H23N7O2. The third kappa shape index (κ3) is 4.22. The third-order valence-electron chi connectivity index (χ3n) is 4.43. The predicted molar refractivity (Wildman–Crippen MR) is 93.4 cm³/mol. The lowest BCUT2D eigenvalue weighted by Crippen LogP contribution is -2.44. The van der Waals surface area contributed by atoms with E-state index >= 15 is 0 Å². The number of nitrogens with one attached hydrogen (secondary N) is 2. The van der Waals surface area contributed by atoms with Gasteiger partial charge < -0.3 is 10.2 Å². The number of aromatic nitrogens is 5. The van der Waals surface area contributed by atoms with E-state index in [0.29, 0.717) is 43.3 Å². The molecule has 0 spiro atoms. The highest BCUT2D eigenvalue weighted by Crippen LogP contribution is 2.19. The Labute approximate surface area is 151 Å². The molecule has 2 aromatic heterocycles. The van der Waals surface area contributed by atoms with E-state index in [4.69, 9.17) is 0 Å². The summed E-state index contributed by atoms with van der Waals surface area (Å²) in [4.78, 5) is 38.6. The Morgan fingerprint density at radius 2 is 2.08 bits per heavy atom. The first-order chi connectivity index (χ1) is 12.5. The van der Waals surface area contributed by atoms with Crippen LogP contribution >= 0.6 is 0 Å². The van der Waals surface area contributed by atoms with Crippen LogP contribution in [0, 0.1) is 11.8 Å². The van der Waals surface area contributed by atoms with Crippen LogP contribution in [0.1, 0.15) is 32.5 Å². The minimum absolute atomic E-state index is 0.00432. The minimum Gasteiger partial charge on any atom is -0.349 e. The molecule has 1 fully saturated rings. The average Bonchev–Trinajstić information content (AvgIpc) is 3.15. The van der Waals surface area contributed by atoms with Crippen molar-refractivity contribution in [3.05, 3.63) is 24.4 Å². The first-order valence-corrected chi connectivity index (χ1v) is 8.78. The molecule has 1 saturated heterocycles. The van der Waals surface area contributed by atoms with Gasteiger partial charge in [0.25, 0.3) is 0 Å². The van der Waals surface area contributed by atoms with Crippen LogP contribution in [0.4, 0.5) is 0 Å². The van der Waals surface area contributed by atoms with Crippen molar-refractivity contribution in [1.82, 2.24) is 35.4 Å². The number of carbonyl (C=O) groups excluding carboxylic acids is 2. The molecule has 9 nitrogen and oxygen atoms in total. The Balaban J connectivity index is 1.48. The molecule has 26 heavy (non-hydrogen) atoms. The first-order valence-electron chi connectivity index (χ1n) is 8.78. The smallest absolute Gasteiger partial charge is 0.225 e. The zero-order chi connectivity index (χ0) is 18.5. The zero-order valence-corrected chi connectivity index (χ0v) is 15.0. The number of rotatable bonds is 5. The van der Waals surface area contributed by atoms with Gasteiger partial charge in [-0.3, -0.25) is 19.7 Å². The van der Waals surface area contributed by atoms with Crippen LogP contribution in [-0.4, -0.2) is 55.0 Å². The van der Waals surface area contributed by atoms with Crippen LogP contribution in [0.25, 0.3) is 11.5 Å². The molecule has 2 amide bonds. The number of amides is 2. The fourth-order valence-electron chi connectivity index (χ4n) is 2.95. The van der Waals surface area contributed by atoms with E-state index in [9.17, 15) is 9.59 Å². The Kier molecular flexibility index (Phi) is 5.55. The summed E-state index contributed by atoms with van der Waals surface area (Å²) in [7, 11) is 0. The number of aromatic amines is 1. The van der Waals surface area contributed by atoms with Crippen molar-refractivity contribution >= 4 is 11.8 Å². The van der Waals surface area contributed by atoms with Crippen LogP contribution in [0.3, 0.4) is 0 Å². The van der Waals surface area contributed by atoms with Crippen molar-refractivity contribution in [2.24, 2.45) is 11.8 Å². The number of H-pyrrole nitrogens is 1. The molecule has 3 rings (SSSR count). The number of nitrogens with zero attached hydrogens (tertiary/aromatic N) is 5. The average molecular weight is 357 g/mol. The molecule has 3 heterocycles. The fraction of sp³-hybridized carbons (Fsp3) is 0.529. The van der Waals surface area contributed by atoms with Crippen molar-refractivity contribution in [1.29, 1.82) is 0 Å². The summed E-state index contributed by atoms with van der Waals surface area (Å²) in [6, 6.07) is 0. The van der Waals surface area contributed by atoms with Crippen molar-refractivity contribution in [2.45, 2.75) is 33.2 Å². The highest BCUT2D eigenvalue weighted by Gasteiger charge is 2.28. The Morgan fingerprint density at radius 1 is 1.31 bits per heavy atom. The largest absolute Gasteiger partial charge is 0.349 e. The molecule has 2 N–H and O–H groups in total. The van der Waals surface area contributed by atoms with Crippen molar-refractivity contribution in [2.75, 3.05) is 13.1 Å². The fourth-order valence-corrected chi connectivity index (χ4v) is 2.95. The van der Waals surface area contributed by atoms with E-state index in [-0.39, 0.29) is 30.2 Å². The summed E-state index contributed by atoms with van der Waals surface area (Å²) in [5.74, 6) is 1.07. The lowest BCUT2D eigenvalue weighted by atomic mass is 9.95. The summed E-state index contributed by atoms with van der Waals surface area (Å²) in [5.41, 5.74) is 0.573. The van der Waals surface area contributed by atoms with Gasteiger partial charge >= 0.3 is 0 Å². The Hall–Kier alpha value is -2.84. The van der Waals surface area contributed by atoms with Gasteiger partial charge in [-0.25, -0.2) is 9.97 Å². The van der Waals surface area contributed by atoms with Crippen molar-refractivity contribution in [3.8, 4) is 11.5 Å². The van der Waals surface area contributed by atoms with Crippen LogP contribution in [0.2, 0.25) is 0 Å². The summed E-state index contributed by atoms with van der Waals surface area (Å²) < 4.78 is 0. The van der Waals surface area contributed by atoms with Gasteiger partial charge in [0.15, 0.2) is 0 Å². The van der Waals surface area contributed by atoms with Gasteiger partial charge in [0.2, 0.25) is 17.6 Å². The monoisotopic (exact) mass is 357 g/mol. The number of carbonyl (C=O) groups is 2. The van der Waals surface area contributed by atoms with E-state index < -0.39 is 0 Å². The molecule has 1 aliphatic rings. The normalized spacial score (nSPS) is 15.3. The number of piperidine rings is 1. The zero-order valence-electron chi connectivity index (χ0n) is 15.0. The predicted octanol–water partition coefficient (Wildman–Crippen LogP) is 0.772. The molecule has 9 heteroatoms. The quantitative estimate of drug-likeness (QED) is 0.816. The van der Waals surface area contributed by atoms with Gasteiger partial charge in [0.1, 0.15) is 11.5 Å². The van der Waals surface area contributed by atoms with Crippen molar-refractivity contribution in [3.63, 3.8) is 0 Å². The topological polar surface area (TPSA) is 117 Å². The second-order valence-corrected chi connectivity index (χ2v) is 6.67. The number of hydrogen-bond donors (Lipinski definition) is 2. The summed E-state index contributed by atoms with van der Waals surface area (Å²) in [6.45, 7) is 5.33. The van der Waals surface area contributed by atoms with Gasteiger partial charge in [0.05, 0.1) is 12.7 Å². The van der Waals surface area contributed by atoms with Crippen LogP contribution in [-0.2, 0) is 16.1 Å². The van der Waals surface area contributed by atoms with E-state index in [2.05, 4.69) is 30.5 Å². The first kappa shape index (κ1) is 18.0. The van der Waals surface area contributed by atoms with Crippen LogP contribution in [0.5, 0.6) is 0 Å². The molecule has 1 aliphatic heterocycles. The maximum absolute atomic E-state index is 12.4. The van der Waals surface area contributed by atoms with E-state index in [1.165, 1.54) is 0 Å². The van der Waals surface area contributed by atoms with Gasteiger partial charge in [-0.15, -0.1) is 0 Å². The Morgan fingerprint density at radius 3 is 2.73 bits per heavy atom. The molecule has 0 saturated carbocycles. The maximum Gasteiger partial charge on any atom is 0.225 e. The molecule has 0 radical (unpaired) electrons. The molecule has 0 aliphatic carbocycles. The highest BCUT2D eigenvalue weighted by atomic mass is 16.2. The van der Waals surface area contributed by atoms with E-state index in [0.717, 1.165) is 0 Å². The third-order valence-corrected chi connectivity index (χ3v) is 4.43. The van der Waals surface area contributed by atoms with Crippen LogP contribution < -0.4 is 5.32 Å². The summed E-state index contributed by atoms with van der Waals surface area (Å²) in [5, 5.41) is 9.78. The molecule has 0 unspecified atom stereocenters. The van der Waals surface area contributed by atoms with Gasteiger partial charge in [0, 0.05) is 37.3 Å².